The van der Waals surface area contributed by atoms with E-state index in [0.717, 1.165) is 23.6 Å². The fourth-order valence-electron chi connectivity index (χ4n) is 4.72. The highest BCUT2D eigenvalue weighted by Crippen LogP contribution is 2.37. The number of benzene rings is 3. The molecule has 0 radical (unpaired) electrons. The van der Waals surface area contributed by atoms with Crippen LogP contribution in [0, 0.1) is 0 Å². The smallest absolute Gasteiger partial charge is 0.264 e. The van der Waals surface area contributed by atoms with Crippen LogP contribution in [0.4, 0.5) is 5.69 Å². The predicted molar refractivity (Wildman–Crippen MR) is 154 cm³/mol. The van der Waals surface area contributed by atoms with Gasteiger partial charge >= 0.3 is 0 Å². The number of amides is 1. The molecule has 41 heavy (non-hydrogen) atoms. The van der Waals surface area contributed by atoms with Gasteiger partial charge in [0.05, 0.1) is 28.6 Å². The van der Waals surface area contributed by atoms with Crippen molar-refractivity contribution in [1.29, 1.82) is 0 Å². The quantitative estimate of drug-likeness (QED) is 0.363. The van der Waals surface area contributed by atoms with Crippen LogP contribution in [0.25, 0.3) is 0 Å². The summed E-state index contributed by atoms with van der Waals surface area (Å²) in [6.07, 6.45) is 1.67. The molecule has 0 aliphatic carbocycles. The van der Waals surface area contributed by atoms with E-state index in [2.05, 4.69) is 5.32 Å². The Morgan fingerprint density at radius 2 is 1.51 bits per heavy atom. The summed E-state index contributed by atoms with van der Waals surface area (Å²) in [7, 11) is -7.53. The first-order chi connectivity index (χ1) is 19.7. The number of hydrogen-bond acceptors (Lipinski definition) is 7. The number of carbonyl (C=O) groups is 1. The molecule has 1 saturated heterocycles. The zero-order valence-electron chi connectivity index (χ0n) is 22.1. The molecule has 10 nitrogen and oxygen atoms in total. The number of anilines is 1. The Morgan fingerprint density at radius 3 is 2.22 bits per heavy atom. The van der Waals surface area contributed by atoms with Crippen molar-refractivity contribution in [2.24, 2.45) is 0 Å². The fraction of sp³-hybridized carbons (Fsp3) is 0.321. The summed E-state index contributed by atoms with van der Waals surface area (Å²) in [5.74, 6) is 0.231. The topological polar surface area (TPSA) is 122 Å². The highest BCUT2D eigenvalue weighted by atomic mass is 35.5. The van der Waals surface area contributed by atoms with E-state index in [4.69, 9.17) is 21.1 Å². The number of para-hydroxylation sites is 2. The maximum atomic E-state index is 13.5. The van der Waals surface area contributed by atoms with Crippen LogP contribution < -0.4 is 19.1 Å². The van der Waals surface area contributed by atoms with Gasteiger partial charge in [0.25, 0.3) is 15.9 Å². The third-order valence-electron chi connectivity index (χ3n) is 6.88. The number of ether oxygens (including phenoxy) is 2. The second kappa shape index (κ2) is 12.3. The highest BCUT2D eigenvalue weighted by molar-refractivity contribution is 7.92. The zero-order valence-corrected chi connectivity index (χ0v) is 24.5. The lowest BCUT2D eigenvalue weighted by Gasteiger charge is -2.34. The summed E-state index contributed by atoms with van der Waals surface area (Å²) >= 11 is 5.93. The van der Waals surface area contributed by atoms with E-state index in [1.54, 1.807) is 36.4 Å². The number of piperidine rings is 1. The van der Waals surface area contributed by atoms with Crippen molar-refractivity contribution in [2.75, 3.05) is 37.1 Å². The average molecular weight is 620 g/mol. The molecule has 5 rings (SSSR count). The van der Waals surface area contributed by atoms with Crippen LogP contribution in [0.3, 0.4) is 0 Å². The van der Waals surface area contributed by atoms with Crippen LogP contribution in [0.15, 0.2) is 82.6 Å². The van der Waals surface area contributed by atoms with E-state index in [9.17, 15) is 21.6 Å². The summed E-state index contributed by atoms with van der Waals surface area (Å²) in [4.78, 5) is 13.2. The minimum absolute atomic E-state index is 0.0425. The highest BCUT2D eigenvalue weighted by Gasteiger charge is 2.37. The second-order valence-corrected chi connectivity index (χ2v) is 13.9. The lowest BCUT2D eigenvalue weighted by atomic mass is 10.2. The second-order valence-electron chi connectivity index (χ2n) is 9.64. The summed E-state index contributed by atoms with van der Waals surface area (Å²) in [5.41, 5.74) is 0.334. The van der Waals surface area contributed by atoms with Gasteiger partial charge in [-0.1, -0.05) is 30.2 Å². The van der Waals surface area contributed by atoms with Gasteiger partial charge in [-0.25, -0.2) is 16.8 Å². The Bertz CT molecular complexity index is 1590. The van der Waals surface area contributed by atoms with Crippen molar-refractivity contribution in [3.8, 4) is 11.5 Å². The van der Waals surface area contributed by atoms with Crippen LogP contribution in [0.1, 0.15) is 19.3 Å². The summed E-state index contributed by atoms with van der Waals surface area (Å²) < 4.78 is 66.7. The van der Waals surface area contributed by atoms with Crippen molar-refractivity contribution in [3.05, 3.63) is 77.8 Å². The third-order valence-corrected chi connectivity index (χ3v) is 10.8. The number of nitrogens with one attached hydrogen (secondary N) is 1. The molecule has 0 unspecified atom stereocenters. The minimum Gasteiger partial charge on any atom is -0.492 e. The largest absolute Gasteiger partial charge is 0.492 e. The molecule has 1 atom stereocenters. The van der Waals surface area contributed by atoms with Crippen LogP contribution in [-0.4, -0.2) is 65.9 Å². The molecule has 1 N–H and O–H groups in total. The molecule has 3 aromatic rings. The molecule has 1 fully saturated rings. The van der Waals surface area contributed by atoms with E-state index < -0.39 is 32.1 Å². The first kappa shape index (κ1) is 29.2. The SMILES string of the molecule is O=C(NCCOc1ccc(S(=O)(=O)N2CCCCC2)cc1)[C@@H]1CN(S(=O)(=O)c2ccc(Cl)cc2)c2ccccc2O1. The number of hydrogen-bond donors (Lipinski definition) is 1. The van der Waals surface area contributed by atoms with Gasteiger partial charge in [0.15, 0.2) is 6.10 Å². The number of halogens is 1. The molecule has 2 heterocycles. The first-order valence-electron chi connectivity index (χ1n) is 13.2. The van der Waals surface area contributed by atoms with Gasteiger partial charge in [0.1, 0.15) is 18.1 Å². The molecule has 2 aliphatic heterocycles. The van der Waals surface area contributed by atoms with Gasteiger partial charge in [-0.05, 0) is 73.5 Å². The lowest BCUT2D eigenvalue weighted by Crippen LogP contribution is -2.51. The molecule has 3 aromatic carbocycles. The van der Waals surface area contributed by atoms with Gasteiger partial charge in [-0.2, -0.15) is 4.31 Å². The van der Waals surface area contributed by atoms with E-state index >= 15 is 0 Å². The molecule has 1 amide bonds. The molecule has 0 saturated carbocycles. The maximum Gasteiger partial charge on any atom is 0.264 e. The number of rotatable bonds is 9. The third kappa shape index (κ3) is 6.45. The Balaban J connectivity index is 1.18. The molecule has 0 spiro atoms. The van der Waals surface area contributed by atoms with Crippen molar-refractivity contribution in [1.82, 2.24) is 9.62 Å². The van der Waals surface area contributed by atoms with Crippen LogP contribution in [-0.2, 0) is 24.8 Å². The van der Waals surface area contributed by atoms with E-state index in [0.29, 0.717) is 29.5 Å². The van der Waals surface area contributed by atoms with Crippen molar-refractivity contribution in [2.45, 2.75) is 35.2 Å². The minimum atomic E-state index is -4.00. The van der Waals surface area contributed by atoms with Crippen molar-refractivity contribution in [3.63, 3.8) is 0 Å². The lowest BCUT2D eigenvalue weighted by molar-refractivity contribution is -0.127. The standard InChI is InChI=1S/C28H30ClN3O7S2/c29-21-8-12-24(13-9-21)41(36,37)32-20-27(39-26-7-3-2-6-25(26)32)28(33)30-16-19-38-22-10-14-23(15-11-22)40(34,35)31-17-4-1-5-18-31/h2-3,6-15,27H,1,4-5,16-20H2,(H,30,33)/t27-/m0/s1. The predicted octanol–water partition coefficient (Wildman–Crippen LogP) is 3.67. The molecular weight excluding hydrogens is 590 g/mol. The fourth-order valence-corrected chi connectivity index (χ4v) is 7.84. The number of nitrogens with zero attached hydrogens (tertiary/aromatic N) is 2. The Morgan fingerprint density at radius 1 is 0.878 bits per heavy atom. The van der Waals surface area contributed by atoms with Gasteiger partial charge in [-0.3, -0.25) is 9.10 Å². The first-order valence-corrected chi connectivity index (χ1v) is 16.5. The molecule has 0 aromatic heterocycles. The summed E-state index contributed by atoms with van der Waals surface area (Å²) in [5, 5.41) is 3.13. The van der Waals surface area contributed by atoms with Crippen LogP contribution >= 0.6 is 11.6 Å². The normalized spacial score (nSPS) is 17.8. The Labute approximate surface area is 244 Å². The van der Waals surface area contributed by atoms with Gasteiger partial charge in [-0.15, -0.1) is 0 Å². The van der Waals surface area contributed by atoms with Gasteiger partial charge in [0.2, 0.25) is 10.0 Å². The van der Waals surface area contributed by atoms with Crippen LogP contribution in [0.2, 0.25) is 5.02 Å². The molecule has 218 valence electrons. The monoisotopic (exact) mass is 619 g/mol. The van der Waals surface area contributed by atoms with Crippen LogP contribution in [0.5, 0.6) is 11.5 Å². The van der Waals surface area contributed by atoms with E-state index in [1.807, 2.05) is 0 Å². The maximum absolute atomic E-state index is 13.5. The van der Waals surface area contributed by atoms with Crippen molar-refractivity contribution < 1.29 is 31.1 Å². The molecule has 13 heteroatoms. The van der Waals surface area contributed by atoms with Gasteiger partial charge in [0, 0.05) is 18.1 Å². The van der Waals surface area contributed by atoms with E-state index in [-0.39, 0.29) is 35.2 Å². The zero-order chi connectivity index (χ0) is 29.0. The Hall–Kier alpha value is -3.32. The molecular formula is C28H30ClN3O7S2. The van der Waals surface area contributed by atoms with Gasteiger partial charge < -0.3 is 14.8 Å². The number of carbonyl (C=O) groups excluding carboxylic acids is 1. The average Bonchev–Trinajstić information content (AvgIpc) is 2.99. The van der Waals surface area contributed by atoms with E-state index in [1.165, 1.54) is 40.7 Å². The Kier molecular flexibility index (Phi) is 8.74. The molecule has 2 aliphatic rings. The summed E-state index contributed by atoms with van der Waals surface area (Å²) in [6, 6.07) is 18.6. The van der Waals surface area contributed by atoms with Crippen molar-refractivity contribution >= 4 is 43.2 Å². The number of sulfonamides is 2. The number of fused-ring (bicyclic) bond motifs is 1. The summed E-state index contributed by atoms with van der Waals surface area (Å²) in [6.45, 7) is 1.07. The molecule has 0 bridgehead atoms.